The number of alkyl halides is 3. The van der Waals surface area contributed by atoms with Crippen molar-refractivity contribution in [3.8, 4) is 0 Å². The smallest absolute Gasteiger partial charge is 0.380 e. The maximum atomic E-state index is 13.2. The zero-order valence-electron chi connectivity index (χ0n) is 16.9. The number of nitrogens with zero attached hydrogens (tertiary/aromatic N) is 2. The van der Waals surface area contributed by atoms with Gasteiger partial charge in [0.2, 0.25) is 0 Å². The minimum Gasteiger partial charge on any atom is -0.380 e. The van der Waals surface area contributed by atoms with Gasteiger partial charge in [-0.1, -0.05) is 6.07 Å². The molecular formula is C22H26F3N5. The highest BCUT2D eigenvalue weighted by atomic mass is 19.4. The normalized spacial score (nSPS) is 16.1. The molecule has 0 atom stereocenters. The first-order valence-electron chi connectivity index (χ1n) is 10.2. The van der Waals surface area contributed by atoms with Gasteiger partial charge in [0.1, 0.15) is 5.82 Å². The van der Waals surface area contributed by atoms with Gasteiger partial charge in [-0.25, -0.2) is 4.98 Å². The molecule has 30 heavy (non-hydrogen) atoms. The number of anilines is 2. The van der Waals surface area contributed by atoms with Gasteiger partial charge < -0.3 is 20.5 Å². The molecule has 3 N–H and O–H groups in total. The molecule has 0 bridgehead atoms. The van der Waals surface area contributed by atoms with Gasteiger partial charge in [0, 0.05) is 42.1 Å². The molecule has 0 radical (unpaired) electrons. The number of H-pyrrole nitrogens is 1. The first kappa shape index (κ1) is 20.5. The first-order chi connectivity index (χ1) is 14.4. The van der Waals surface area contributed by atoms with E-state index in [4.69, 9.17) is 0 Å². The monoisotopic (exact) mass is 417 g/mol. The molecule has 1 aromatic carbocycles. The molecule has 160 valence electrons. The Morgan fingerprint density at radius 3 is 2.63 bits per heavy atom. The minimum absolute atomic E-state index is 0.393. The van der Waals surface area contributed by atoms with Gasteiger partial charge in [-0.15, -0.1) is 0 Å². The second-order valence-electron chi connectivity index (χ2n) is 7.99. The predicted octanol–water partition coefficient (Wildman–Crippen LogP) is 4.95. The lowest BCUT2D eigenvalue weighted by Gasteiger charge is -2.29. The summed E-state index contributed by atoms with van der Waals surface area (Å²) in [5.41, 5.74) is 1.14. The summed E-state index contributed by atoms with van der Waals surface area (Å²) >= 11 is 0. The molecule has 1 saturated heterocycles. The van der Waals surface area contributed by atoms with Gasteiger partial charge in [0.15, 0.2) is 0 Å². The van der Waals surface area contributed by atoms with E-state index in [0.717, 1.165) is 48.5 Å². The second kappa shape index (κ2) is 8.55. The van der Waals surface area contributed by atoms with Gasteiger partial charge in [0.05, 0.1) is 5.56 Å². The molecule has 0 unspecified atom stereocenters. The summed E-state index contributed by atoms with van der Waals surface area (Å²) in [6, 6.07) is 7.92. The van der Waals surface area contributed by atoms with Crippen molar-refractivity contribution >= 4 is 22.4 Å². The van der Waals surface area contributed by atoms with E-state index in [9.17, 15) is 13.2 Å². The summed E-state index contributed by atoms with van der Waals surface area (Å²) in [6.07, 6.45) is 1.39. The Bertz CT molecular complexity index is 973. The van der Waals surface area contributed by atoms with Crippen molar-refractivity contribution in [1.82, 2.24) is 14.9 Å². The fourth-order valence-corrected chi connectivity index (χ4v) is 3.82. The van der Waals surface area contributed by atoms with Crippen LogP contribution in [-0.2, 0) is 12.7 Å². The molecule has 1 aliphatic rings. The number of halogens is 3. The number of hydrogen-bond donors (Lipinski definition) is 3. The highest BCUT2D eigenvalue weighted by Crippen LogP contribution is 2.35. The van der Waals surface area contributed by atoms with Crippen LogP contribution in [-0.4, -0.2) is 41.5 Å². The van der Waals surface area contributed by atoms with Crippen LogP contribution in [0.15, 0.2) is 42.7 Å². The molecule has 3 heterocycles. The summed E-state index contributed by atoms with van der Waals surface area (Å²) in [6.45, 7) is 3.57. The van der Waals surface area contributed by atoms with Crippen LogP contribution in [0.4, 0.5) is 24.7 Å². The number of aromatic amines is 1. The lowest BCUT2D eigenvalue weighted by molar-refractivity contribution is -0.137. The maximum absolute atomic E-state index is 13.2. The van der Waals surface area contributed by atoms with Crippen LogP contribution >= 0.6 is 0 Å². The van der Waals surface area contributed by atoms with Crippen molar-refractivity contribution in [1.29, 1.82) is 0 Å². The van der Waals surface area contributed by atoms with Gasteiger partial charge >= 0.3 is 6.18 Å². The molecular weight excluding hydrogens is 391 g/mol. The van der Waals surface area contributed by atoms with Crippen LogP contribution in [0.3, 0.4) is 0 Å². The standard InChI is InChI=1S/C22H26F3N5/c1-30-8-5-15(6-9-30)12-28-21-3-2-16(14-29-21)13-27-20-11-17(22(23,24)25)10-19-18(20)4-7-26-19/h2-4,7,10-11,14-15,26-27H,5-6,8-9,12-13H2,1H3,(H,28,29). The average molecular weight is 417 g/mol. The number of likely N-dealkylation sites (tertiary alicyclic amines) is 1. The van der Waals surface area contributed by atoms with E-state index < -0.39 is 11.7 Å². The SMILES string of the molecule is CN1CCC(CNc2ccc(CNc3cc(C(F)(F)F)cc4[nH]ccc34)cn2)CC1. The number of rotatable bonds is 6. The maximum Gasteiger partial charge on any atom is 0.416 e. The molecule has 1 fully saturated rings. The van der Waals surface area contributed by atoms with Gasteiger partial charge in [-0.2, -0.15) is 13.2 Å². The van der Waals surface area contributed by atoms with E-state index in [1.54, 1.807) is 18.5 Å². The van der Waals surface area contributed by atoms with Crippen molar-refractivity contribution in [2.75, 3.05) is 37.3 Å². The molecule has 1 aliphatic heterocycles. The molecule has 2 aromatic heterocycles. The molecule has 4 rings (SSSR count). The second-order valence-corrected chi connectivity index (χ2v) is 7.99. The van der Waals surface area contributed by atoms with E-state index in [2.05, 4.69) is 32.5 Å². The zero-order valence-corrected chi connectivity index (χ0v) is 16.9. The van der Waals surface area contributed by atoms with E-state index in [0.29, 0.717) is 23.7 Å². The topological polar surface area (TPSA) is 56.0 Å². The van der Waals surface area contributed by atoms with Crippen LogP contribution in [0.25, 0.3) is 10.9 Å². The fourth-order valence-electron chi connectivity index (χ4n) is 3.82. The van der Waals surface area contributed by atoms with Crippen molar-refractivity contribution in [2.24, 2.45) is 5.92 Å². The largest absolute Gasteiger partial charge is 0.416 e. The van der Waals surface area contributed by atoms with Crippen LogP contribution in [0, 0.1) is 5.92 Å². The summed E-state index contributed by atoms with van der Waals surface area (Å²) < 4.78 is 39.5. The third kappa shape index (κ3) is 4.87. The van der Waals surface area contributed by atoms with E-state index in [1.165, 1.54) is 12.8 Å². The molecule has 0 spiro atoms. The molecule has 8 heteroatoms. The number of piperidine rings is 1. The van der Waals surface area contributed by atoms with Gasteiger partial charge in [-0.3, -0.25) is 0 Å². The van der Waals surface area contributed by atoms with Crippen LogP contribution in [0.1, 0.15) is 24.0 Å². The van der Waals surface area contributed by atoms with Crippen molar-refractivity contribution < 1.29 is 13.2 Å². The van der Waals surface area contributed by atoms with Gasteiger partial charge in [-0.05, 0) is 68.7 Å². The Kier molecular flexibility index (Phi) is 5.85. The highest BCUT2D eigenvalue weighted by Gasteiger charge is 2.31. The third-order valence-corrected chi connectivity index (χ3v) is 5.71. The molecule has 0 saturated carbocycles. The Balaban J connectivity index is 1.37. The summed E-state index contributed by atoms with van der Waals surface area (Å²) in [7, 11) is 2.15. The van der Waals surface area contributed by atoms with Crippen molar-refractivity contribution in [3.63, 3.8) is 0 Å². The average Bonchev–Trinajstić information content (AvgIpc) is 3.21. The van der Waals surface area contributed by atoms with Crippen LogP contribution in [0.2, 0.25) is 0 Å². The third-order valence-electron chi connectivity index (χ3n) is 5.71. The Morgan fingerprint density at radius 1 is 1.13 bits per heavy atom. The Labute approximate surface area is 173 Å². The first-order valence-corrected chi connectivity index (χ1v) is 10.2. The number of pyridine rings is 1. The number of aromatic nitrogens is 2. The lowest BCUT2D eigenvalue weighted by atomic mass is 9.97. The van der Waals surface area contributed by atoms with E-state index in [-0.39, 0.29) is 0 Å². The molecule has 0 aliphatic carbocycles. The molecule has 3 aromatic rings. The summed E-state index contributed by atoms with van der Waals surface area (Å²) in [4.78, 5) is 9.66. The lowest BCUT2D eigenvalue weighted by Crippen LogP contribution is -2.33. The quantitative estimate of drug-likeness (QED) is 0.531. The Hall–Kier alpha value is -2.74. The van der Waals surface area contributed by atoms with Crippen LogP contribution < -0.4 is 10.6 Å². The number of nitrogens with one attached hydrogen (secondary N) is 3. The molecule has 5 nitrogen and oxygen atoms in total. The number of fused-ring (bicyclic) bond motifs is 1. The highest BCUT2D eigenvalue weighted by molar-refractivity contribution is 5.92. The molecule has 0 amide bonds. The predicted molar refractivity (Wildman–Crippen MR) is 114 cm³/mol. The number of hydrogen-bond acceptors (Lipinski definition) is 4. The van der Waals surface area contributed by atoms with Crippen molar-refractivity contribution in [3.05, 3.63) is 53.9 Å². The summed E-state index contributed by atoms with van der Waals surface area (Å²) in [5.74, 6) is 1.48. The summed E-state index contributed by atoms with van der Waals surface area (Å²) in [5, 5.41) is 7.25. The Morgan fingerprint density at radius 2 is 1.93 bits per heavy atom. The van der Waals surface area contributed by atoms with Crippen LogP contribution in [0.5, 0.6) is 0 Å². The minimum atomic E-state index is -4.39. The fraction of sp³-hybridized carbons (Fsp3) is 0.409. The van der Waals surface area contributed by atoms with E-state index >= 15 is 0 Å². The van der Waals surface area contributed by atoms with Crippen molar-refractivity contribution in [2.45, 2.75) is 25.6 Å². The zero-order chi connectivity index (χ0) is 21.1. The van der Waals surface area contributed by atoms with E-state index in [1.807, 2.05) is 12.1 Å². The number of benzene rings is 1. The van der Waals surface area contributed by atoms with Gasteiger partial charge in [0.25, 0.3) is 0 Å².